The molecule has 0 aromatic heterocycles. The quantitative estimate of drug-likeness (QED) is 0.714. The van der Waals surface area contributed by atoms with Gasteiger partial charge in [-0.3, -0.25) is 14.5 Å². The lowest BCUT2D eigenvalue weighted by Crippen LogP contribution is -2.43. The van der Waals surface area contributed by atoms with Crippen molar-refractivity contribution in [2.24, 2.45) is 5.92 Å². The molecule has 1 atom stereocenters. The molecule has 1 unspecified atom stereocenters. The molecule has 1 aliphatic heterocycles. The van der Waals surface area contributed by atoms with Crippen molar-refractivity contribution in [3.63, 3.8) is 0 Å². The number of carbonyl (C=O) groups excluding carboxylic acids is 3. The van der Waals surface area contributed by atoms with Crippen LogP contribution in [0.3, 0.4) is 0 Å². The van der Waals surface area contributed by atoms with Crippen LogP contribution in [0.5, 0.6) is 0 Å². The summed E-state index contributed by atoms with van der Waals surface area (Å²) in [6.45, 7) is 3.46. The van der Waals surface area contributed by atoms with Crippen LogP contribution >= 0.6 is 0 Å². The highest BCUT2D eigenvalue weighted by molar-refractivity contribution is 6.09. The van der Waals surface area contributed by atoms with Crippen LogP contribution in [-0.4, -0.2) is 34.7 Å². The molecular weight excluding hydrogens is 208 g/mol. The SMILES string of the molecule is CCC1(C)NC(=O)N(CC(=O)C2CC2)C1=O. The Kier molecular flexibility index (Phi) is 2.48. The van der Waals surface area contributed by atoms with E-state index in [1.807, 2.05) is 6.92 Å². The minimum absolute atomic E-state index is 0.00357. The van der Waals surface area contributed by atoms with Crippen molar-refractivity contribution in [2.45, 2.75) is 38.6 Å². The Hall–Kier alpha value is -1.39. The summed E-state index contributed by atoms with van der Waals surface area (Å²) in [6.07, 6.45) is 2.33. The monoisotopic (exact) mass is 224 g/mol. The van der Waals surface area contributed by atoms with Gasteiger partial charge in [0.2, 0.25) is 0 Å². The number of nitrogens with one attached hydrogen (secondary N) is 1. The fraction of sp³-hybridized carbons (Fsp3) is 0.727. The number of ketones is 1. The smallest absolute Gasteiger partial charge is 0.323 e. The minimum Gasteiger partial charge on any atom is -0.323 e. The Labute approximate surface area is 94.2 Å². The molecule has 1 saturated carbocycles. The van der Waals surface area contributed by atoms with E-state index >= 15 is 0 Å². The van der Waals surface area contributed by atoms with Gasteiger partial charge in [-0.05, 0) is 26.2 Å². The zero-order valence-electron chi connectivity index (χ0n) is 9.58. The molecule has 5 heteroatoms. The Morgan fingerprint density at radius 1 is 1.50 bits per heavy atom. The average Bonchev–Trinajstić information content (AvgIpc) is 3.04. The van der Waals surface area contributed by atoms with Crippen molar-refractivity contribution in [1.29, 1.82) is 0 Å². The summed E-state index contributed by atoms with van der Waals surface area (Å²) in [7, 11) is 0. The van der Waals surface area contributed by atoms with Crippen LogP contribution in [0.1, 0.15) is 33.1 Å². The summed E-state index contributed by atoms with van der Waals surface area (Å²) in [5, 5.41) is 2.63. The van der Waals surface area contributed by atoms with Crippen LogP contribution in [0.2, 0.25) is 0 Å². The molecule has 16 heavy (non-hydrogen) atoms. The van der Waals surface area contributed by atoms with Crippen molar-refractivity contribution in [1.82, 2.24) is 10.2 Å². The number of Topliss-reactive ketones (excluding diaryl/α,β-unsaturated/α-hetero) is 1. The number of hydrogen-bond acceptors (Lipinski definition) is 3. The summed E-state index contributed by atoms with van der Waals surface area (Å²) in [5.74, 6) is -0.202. The van der Waals surface area contributed by atoms with Crippen LogP contribution in [-0.2, 0) is 9.59 Å². The molecule has 5 nitrogen and oxygen atoms in total. The number of hydrogen-bond donors (Lipinski definition) is 1. The lowest BCUT2D eigenvalue weighted by atomic mass is 9.99. The molecule has 2 rings (SSSR count). The van der Waals surface area contributed by atoms with Gasteiger partial charge in [0.25, 0.3) is 5.91 Å². The number of nitrogens with zero attached hydrogens (tertiary/aromatic N) is 1. The van der Waals surface area contributed by atoms with E-state index in [1.54, 1.807) is 6.92 Å². The molecule has 88 valence electrons. The predicted octanol–water partition coefficient (Wildman–Crippen LogP) is 0.686. The maximum absolute atomic E-state index is 11.9. The number of urea groups is 1. The van der Waals surface area contributed by atoms with Gasteiger partial charge < -0.3 is 5.32 Å². The van der Waals surface area contributed by atoms with Gasteiger partial charge in [-0.1, -0.05) is 6.92 Å². The standard InChI is InChI=1S/C11H16N2O3/c1-3-11(2)9(15)13(10(16)12-11)6-8(14)7-4-5-7/h7H,3-6H2,1-2H3,(H,12,16). The van der Waals surface area contributed by atoms with Gasteiger partial charge in [-0.15, -0.1) is 0 Å². The molecule has 2 fully saturated rings. The summed E-state index contributed by atoms with van der Waals surface area (Å²) >= 11 is 0. The Balaban J connectivity index is 2.07. The second-order valence-electron chi connectivity index (χ2n) is 4.75. The first-order chi connectivity index (χ1) is 7.48. The van der Waals surface area contributed by atoms with Gasteiger partial charge in [-0.2, -0.15) is 0 Å². The molecule has 1 heterocycles. The van der Waals surface area contributed by atoms with E-state index in [9.17, 15) is 14.4 Å². The highest BCUT2D eigenvalue weighted by Gasteiger charge is 2.47. The first kappa shape index (κ1) is 11.1. The van der Waals surface area contributed by atoms with E-state index in [-0.39, 0.29) is 24.2 Å². The molecule has 0 radical (unpaired) electrons. The Bertz CT molecular complexity index is 362. The number of carbonyl (C=O) groups is 3. The molecule has 1 aliphatic carbocycles. The van der Waals surface area contributed by atoms with Gasteiger partial charge in [-0.25, -0.2) is 4.79 Å². The third-order valence-corrected chi connectivity index (χ3v) is 3.40. The van der Waals surface area contributed by atoms with Crippen molar-refractivity contribution in [3.8, 4) is 0 Å². The van der Waals surface area contributed by atoms with Crippen LogP contribution in [0.4, 0.5) is 4.79 Å². The van der Waals surface area contributed by atoms with Crippen LogP contribution < -0.4 is 5.32 Å². The van der Waals surface area contributed by atoms with Crippen molar-refractivity contribution < 1.29 is 14.4 Å². The van der Waals surface area contributed by atoms with Gasteiger partial charge in [0, 0.05) is 5.92 Å². The second-order valence-corrected chi connectivity index (χ2v) is 4.75. The fourth-order valence-corrected chi connectivity index (χ4v) is 1.82. The topological polar surface area (TPSA) is 66.5 Å². The van der Waals surface area contributed by atoms with Crippen molar-refractivity contribution >= 4 is 17.7 Å². The zero-order chi connectivity index (χ0) is 11.9. The van der Waals surface area contributed by atoms with Crippen molar-refractivity contribution in [3.05, 3.63) is 0 Å². The average molecular weight is 224 g/mol. The highest BCUT2D eigenvalue weighted by Crippen LogP contribution is 2.31. The number of rotatable bonds is 4. The highest BCUT2D eigenvalue weighted by atomic mass is 16.2. The lowest BCUT2D eigenvalue weighted by molar-refractivity contribution is -0.134. The molecular formula is C11H16N2O3. The molecule has 0 bridgehead atoms. The molecule has 0 aromatic carbocycles. The number of imide groups is 1. The number of amides is 3. The van der Waals surface area contributed by atoms with Gasteiger partial charge in [0.05, 0.1) is 6.54 Å². The Morgan fingerprint density at radius 2 is 2.12 bits per heavy atom. The molecule has 0 aromatic rings. The maximum Gasteiger partial charge on any atom is 0.325 e. The van der Waals surface area contributed by atoms with E-state index in [4.69, 9.17) is 0 Å². The molecule has 0 spiro atoms. The van der Waals surface area contributed by atoms with E-state index in [0.29, 0.717) is 6.42 Å². The van der Waals surface area contributed by atoms with E-state index in [0.717, 1.165) is 17.7 Å². The van der Waals surface area contributed by atoms with Gasteiger partial charge >= 0.3 is 6.03 Å². The zero-order valence-corrected chi connectivity index (χ0v) is 9.58. The summed E-state index contributed by atoms with van der Waals surface area (Å²) in [5.41, 5.74) is -0.832. The molecule has 2 aliphatic rings. The second kappa shape index (κ2) is 3.57. The molecule has 3 amide bonds. The summed E-state index contributed by atoms with van der Waals surface area (Å²) < 4.78 is 0. The maximum atomic E-state index is 11.9. The molecule has 1 saturated heterocycles. The van der Waals surface area contributed by atoms with E-state index < -0.39 is 11.6 Å². The van der Waals surface area contributed by atoms with Gasteiger partial charge in [0.1, 0.15) is 5.54 Å². The Morgan fingerprint density at radius 3 is 2.56 bits per heavy atom. The van der Waals surface area contributed by atoms with Crippen LogP contribution in [0, 0.1) is 5.92 Å². The first-order valence-corrected chi connectivity index (χ1v) is 5.65. The van der Waals surface area contributed by atoms with Crippen LogP contribution in [0.15, 0.2) is 0 Å². The van der Waals surface area contributed by atoms with Gasteiger partial charge in [0.15, 0.2) is 5.78 Å². The lowest BCUT2D eigenvalue weighted by Gasteiger charge is -2.18. The third-order valence-electron chi connectivity index (χ3n) is 3.40. The van der Waals surface area contributed by atoms with Crippen LogP contribution in [0.25, 0.3) is 0 Å². The summed E-state index contributed by atoms with van der Waals surface area (Å²) in [4.78, 5) is 36.1. The molecule has 1 N–H and O–H groups in total. The third kappa shape index (κ3) is 1.70. The first-order valence-electron chi connectivity index (χ1n) is 5.65. The predicted molar refractivity (Wildman–Crippen MR) is 56.7 cm³/mol. The van der Waals surface area contributed by atoms with Crippen molar-refractivity contribution in [2.75, 3.05) is 6.54 Å². The largest absolute Gasteiger partial charge is 0.325 e. The fourth-order valence-electron chi connectivity index (χ4n) is 1.82. The normalized spacial score (nSPS) is 29.5. The van der Waals surface area contributed by atoms with E-state index in [2.05, 4.69) is 5.32 Å². The minimum atomic E-state index is -0.832. The van der Waals surface area contributed by atoms with E-state index in [1.165, 1.54) is 0 Å². The summed E-state index contributed by atoms with van der Waals surface area (Å²) in [6, 6.07) is -0.441.